The summed E-state index contributed by atoms with van der Waals surface area (Å²) >= 11 is 9.16. The van der Waals surface area contributed by atoms with Crippen molar-refractivity contribution in [3.8, 4) is 17.6 Å². The van der Waals surface area contributed by atoms with Crippen LogP contribution in [0.3, 0.4) is 0 Å². The highest BCUT2D eigenvalue weighted by molar-refractivity contribution is 9.09. The van der Waals surface area contributed by atoms with Crippen molar-refractivity contribution in [3.63, 3.8) is 0 Å². The molecule has 0 bridgehead atoms. The van der Waals surface area contributed by atoms with Crippen molar-refractivity contribution in [2.75, 3.05) is 12.4 Å². The molecule has 1 rings (SSSR count). The van der Waals surface area contributed by atoms with Crippen LogP contribution in [0.4, 0.5) is 0 Å². The van der Waals surface area contributed by atoms with Crippen molar-refractivity contribution < 1.29 is 4.74 Å². The van der Waals surface area contributed by atoms with Crippen LogP contribution < -0.4 is 4.74 Å². The van der Waals surface area contributed by atoms with Crippen molar-refractivity contribution >= 4 is 27.5 Å². The van der Waals surface area contributed by atoms with Crippen LogP contribution in [0.5, 0.6) is 5.75 Å². The highest BCUT2D eigenvalue weighted by Gasteiger charge is 1.98. The summed E-state index contributed by atoms with van der Waals surface area (Å²) in [5.41, 5.74) is 0.821. The van der Waals surface area contributed by atoms with Gasteiger partial charge in [0.2, 0.25) is 0 Å². The van der Waals surface area contributed by atoms with Crippen LogP contribution >= 0.6 is 27.5 Å². The molecule has 68 valence electrons. The molecule has 1 nitrogen and oxygen atoms in total. The first-order chi connectivity index (χ1) is 6.27. The Balaban J connectivity index is 2.98. The Morgan fingerprint density at radius 3 is 2.85 bits per heavy atom. The summed E-state index contributed by atoms with van der Waals surface area (Å²) in [6, 6.07) is 5.43. The van der Waals surface area contributed by atoms with Gasteiger partial charge in [-0.05, 0) is 18.2 Å². The van der Waals surface area contributed by atoms with Crippen LogP contribution in [0.1, 0.15) is 5.56 Å². The first-order valence-corrected chi connectivity index (χ1v) is 5.16. The molecule has 0 saturated heterocycles. The lowest BCUT2D eigenvalue weighted by atomic mass is 10.2. The quantitative estimate of drug-likeness (QED) is 0.556. The molecule has 0 aliphatic rings. The molecule has 0 amide bonds. The second-order valence-corrected chi connectivity index (χ2v) is 3.25. The molecule has 0 spiro atoms. The van der Waals surface area contributed by atoms with E-state index < -0.39 is 0 Å². The minimum Gasteiger partial charge on any atom is -0.497 e. The Labute approximate surface area is 91.2 Å². The van der Waals surface area contributed by atoms with Crippen LogP contribution in [0, 0.1) is 11.8 Å². The molecule has 0 atom stereocenters. The summed E-state index contributed by atoms with van der Waals surface area (Å²) in [5, 5.41) is 1.27. The van der Waals surface area contributed by atoms with E-state index in [1.54, 1.807) is 13.2 Å². The molecule has 0 saturated carbocycles. The van der Waals surface area contributed by atoms with E-state index in [1.807, 2.05) is 12.1 Å². The molecule has 0 fully saturated rings. The number of alkyl halides is 1. The summed E-state index contributed by atoms with van der Waals surface area (Å²) < 4.78 is 5.01. The van der Waals surface area contributed by atoms with Crippen LogP contribution in [-0.4, -0.2) is 12.4 Å². The van der Waals surface area contributed by atoms with Gasteiger partial charge >= 0.3 is 0 Å². The van der Waals surface area contributed by atoms with Crippen LogP contribution in [0.15, 0.2) is 18.2 Å². The van der Waals surface area contributed by atoms with Gasteiger partial charge < -0.3 is 4.74 Å². The third kappa shape index (κ3) is 2.95. The largest absolute Gasteiger partial charge is 0.497 e. The normalized spacial score (nSPS) is 8.85. The van der Waals surface area contributed by atoms with Crippen molar-refractivity contribution in [3.05, 3.63) is 28.8 Å². The number of hydrogen-bond donors (Lipinski definition) is 0. The first kappa shape index (κ1) is 10.4. The maximum absolute atomic E-state index is 5.95. The summed E-state index contributed by atoms with van der Waals surface area (Å²) in [6.07, 6.45) is 0. The summed E-state index contributed by atoms with van der Waals surface area (Å²) in [7, 11) is 1.61. The Bertz CT molecular complexity index is 352. The Morgan fingerprint density at radius 1 is 1.54 bits per heavy atom. The molecule has 1 aromatic rings. The van der Waals surface area contributed by atoms with Gasteiger partial charge in [0.1, 0.15) is 5.75 Å². The second-order valence-electron chi connectivity index (χ2n) is 2.28. The van der Waals surface area contributed by atoms with E-state index >= 15 is 0 Å². The fourth-order valence-electron chi connectivity index (χ4n) is 0.853. The molecule has 0 N–H and O–H groups in total. The second kappa shape index (κ2) is 5.16. The predicted octanol–water partition coefficient (Wildman–Crippen LogP) is 3.10. The minimum atomic E-state index is 0.618. The number of hydrogen-bond acceptors (Lipinski definition) is 1. The van der Waals surface area contributed by atoms with E-state index in [0.29, 0.717) is 10.4 Å². The van der Waals surface area contributed by atoms with E-state index in [0.717, 1.165) is 11.3 Å². The van der Waals surface area contributed by atoms with Crippen molar-refractivity contribution in [2.45, 2.75) is 0 Å². The number of rotatable bonds is 1. The molecule has 0 aliphatic heterocycles. The molecular formula is C10H8BrClO. The van der Waals surface area contributed by atoms with E-state index in [1.165, 1.54) is 0 Å². The highest BCUT2D eigenvalue weighted by Crippen LogP contribution is 2.21. The van der Waals surface area contributed by atoms with Crippen LogP contribution in [0.2, 0.25) is 5.02 Å². The lowest BCUT2D eigenvalue weighted by Gasteiger charge is -2.00. The maximum atomic E-state index is 5.95. The zero-order valence-corrected chi connectivity index (χ0v) is 9.45. The number of ether oxygens (including phenoxy) is 1. The average Bonchev–Trinajstić information content (AvgIpc) is 2.16. The van der Waals surface area contributed by atoms with Crippen molar-refractivity contribution in [2.24, 2.45) is 0 Å². The van der Waals surface area contributed by atoms with Gasteiger partial charge in [-0.2, -0.15) is 0 Å². The Hall–Kier alpha value is -0.650. The van der Waals surface area contributed by atoms with Gasteiger partial charge in [0, 0.05) is 5.56 Å². The molecule has 0 radical (unpaired) electrons. The van der Waals surface area contributed by atoms with E-state index in [-0.39, 0.29) is 0 Å². The Kier molecular flexibility index (Phi) is 4.14. The molecule has 0 aliphatic carbocycles. The number of methoxy groups -OCH3 is 1. The van der Waals surface area contributed by atoms with Gasteiger partial charge in [-0.1, -0.05) is 39.4 Å². The lowest BCUT2D eigenvalue weighted by molar-refractivity contribution is 0.415. The Morgan fingerprint density at radius 2 is 2.31 bits per heavy atom. The monoisotopic (exact) mass is 258 g/mol. The predicted molar refractivity (Wildman–Crippen MR) is 58.7 cm³/mol. The fourth-order valence-corrected chi connectivity index (χ4v) is 1.21. The van der Waals surface area contributed by atoms with Crippen LogP contribution in [0.25, 0.3) is 0 Å². The number of benzene rings is 1. The molecular weight excluding hydrogens is 251 g/mol. The molecule has 0 aromatic heterocycles. The smallest absolute Gasteiger partial charge is 0.120 e. The summed E-state index contributed by atoms with van der Waals surface area (Å²) in [6.45, 7) is 0. The minimum absolute atomic E-state index is 0.618. The third-order valence-electron chi connectivity index (χ3n) is 1.47. The van der Waals surface area contributed by atoms with Gasteiger partial charge in [-0.15, -0.1) is 0 Å². The summed E-state index contributed by atoms with van der Waals surface area (Å²) in [5.74, 6) is 6.56. The number of halogens is 2. The van der Waals surface area contributed by atoms with Crippen molar-refractivity contribution in [1.82, 2.24) is 0 Å². The zero-order chi connectivity index (χ0) is 9.68. The lowest BCUT2D eigenvalue weighted by Crippen LogP contribution is -1.84. The van der Waals surface area contributed by atoms with Gasteiger partial charge in [0.05, 0.1) is 17.5 Å². The van der Waals surface area contributed by atoms with Crippen molar-refractivity contribution in [1.29, 1.82) is 0 Å². The first-order valence-electron chi connectivity index (χ1n) is 3.66. The topological polar surface area (TPSA) is 9.23 Å². The van der Waals surface area contributed by atoms with E-state index in [2.05, 4.69) is 27.8 Å². The maximum Gasteiger partial charge on any atom is 0.120 e. The van der Waals surface area contributed by atoms with Gasteiger partial charge in [-0.3, -0.25) is 0 Å². The molecule has 1 aromatic carbocycles. The molecule has 3 heteroatoms. The SMILES string of the molecule is COc1ccc(C#CCBr)c(Cl)c1. The zero-order valence-electron chi connectivity index (χ0n) is 7.10. The third-order valence-corrected chi connectivity index (χ3v) is 2.06. The molecule has 0 unspecified atom stereocenters. The molecule has 13 heavy (non-hydrogen) atoms. The summed E-state index contributed by atoms with van der Waals surface area (Å²) in [4.78, 5) is 0. The standard InChI is InChI=1S/C10H8BrClO/c1-13-9-5-4-8(3-2-6-11)10(12)7-9/h4-5,7H,6H2,1H3. The van der Waals surface area contributed by atoms with E-state index in [9.17, 15) is 0 Å². The van der Waals surface area contributed by atoms with Crippen LogP contribution in [-0.2, 0) is 0 Å². The fraction of sp³-hybridized carbons (Fsp3) is 0.200. The highest BCUT2D eigenvalue weighted by atomic mass is 79.9. The van der Waals surface area contributed by atoms with Gasteiger partial charge in [0.25, 0.3) is 0 Å². The van der Waals surface area contributed by atoms with Gasteiger partial charge in [-0.25, -0.2) is 0 Å². The molecule has 0 heterocycles. The van der Waals surface area contributed by atoms with E-state index in [4.69, 9.17) is 16.3 Å². The average molecular weight is 260 g/mol. The van der Waals surface area contributed by atoms with Gasteiger partial charge in [0.15, 0.2) is 0 Å².